The molecule has 0 amide bonds. The molecule has 3 fully saturated rings. The molecule has 3 aliphatic rings. The Morgan fingerprint density at radius 2 is 1.56 bits per heavy atom. The van der Waals surface area contributed by atoms with Crippen LogP contribution in [0.2, 0.25) is 0 Å². The smallest absolute Gasteiger partial charge is 0.226 e. The molecule has 2 unspecified atom stereocenters. The molecule has 0 aromatic carbocycles. The molecule has 2 saturated heterocycles. The largest absolute Gasteiger partial charge is 0.324 e. The van der Waals surface area contributed by atoms with Crippen LogP contribution in [-0.2, 0) is 0 Å². The van der Waals surface area contributed by atoms with Gasteiger partial charge in [-0.25, -0.2) is 9.97 Å². The molecule has 1 aromatic rings. The van der Waals surface area contributed by atoms with Crippen LogP contribution in [0.5, 0.6) is 0 Å². The standard InChI is InChI=1S/C23H39N5S.C3H8/c1-17(2)27-15-18(3)28(22(29)16-27)23-24-13-20(14-25-23)19-9-11-26(12-10-19)21-7-5-4-6-8-21;1-3-2/h13-14,17-19,21-22,29H,4-12,15-16H2,1-3H3;3H2,1-2H3. The molecule has 2 atom stereocenters. The third-order valence-corrected chi connectivity index (χ3v) is 7.82. The Labute approximate surface area is 202 Å². The van der Waals surface area contributed by atoms with E-state index in [1.54, 1.807) is 0 Å². The monoisotopic (exact) mass is 461 g/mol. The Balaban J connectivity index is 0.000000913. The Morgan fingerprint density at radius 1 is 0.969 bits per heavy atom. The van der Waals surface area contributed by atoms with Crippen molar-refractivity contribution in [3.05, 3.63) is 18.0 Å². The minimum atomic E-state index is 0.144. The Morgan fingerprint density at radius 3 is 2.09 bits per heavy atom. The first-order chi connectivity index (χ1) is 15.4. The van der Waals surface area contributed by atoms with Gasteiger partial charge in [0, 0.05) is 43.6 Å². The molecule has 5 nitrogen and oxygen atoms in total. The van der Waals surface area contributed by atoms with Gasteiger partial charge in [0.15, 0.2) is 0 Å². The maximum atomic E-state index is 4.87. The summed E-state index contributed by atoms with van der Waals surface area (Å²) in [6, 6.07) is 1.77. The first kappa shape index (κ1) is 25.8. The van der Waals surface area contributed by atoms with Gasteiger partial charge in [-0.05, 0) is 71.0 Å². The van der Waals surface area contributed by atoms with Crippen molar-refractivity contribution >= 4 is 18.6 Å². The van der Waals surface area contributed by atoms with E-state index in [1.165, 1.54) is 70.0 Å². The van der Waals surface area contributed by atoms with Gasteiger partial charge in [0.05, 0.1) is 5.37 Å². The number of hydrogen-bond acceptors (Lipinski definition) is 6. The molecule has 1 aromatic heterocycles. The predicted molar refractivity (Wildman–Crippen MR) is 140 cm³/mol. The van der Waals surface area contributed by atoms with Crippen LogP contribution in [0.3, 0.4) is 0 Å². The van der Waals surface area contributed by atoms with Crippen molar-refractivity contribution in [2.75, 3.05) is 31.1 Å². The Hall–Kier alpha value is -0.850. The van der Waals surface area contributed by atoms with Crippen LogP contribution in [0.15, 0.2) is 12.4 Å². The average molecular weight is 462 g/mol. The maximum Gasteiger partial charge on any atom is 0.226 e. The summed E-state index contributed by atoms with van der Waals surface area (Å²) in [5.41, 5.74) is 1.32. The number of piperazine rings is 1. The predicted octanol–water partition coefficient (Wildman–Crippen LogP) is 5.58. The van der Waals surface area contributed by atoms with E-state index in [1.807, 2.05) is 0 Å². The molecular formula is C26H47N5S. The molecule has 4 rings (SSSR count). The van der Waals surface area contributed by atoms with Crippen LogP contribution in [0.25, 0.3) is 0 Å². The van der Waals surface area contributed by atoms with Crippen molar-refractivity contribution in [1.29, 1.82) is 0 Å². The molecule has 0 spiro atoms. The van der Waals surface area contributed by atoms with Crippen LogP contribution in [0.4, 0.5) is 5.95 Å². The zero-order valence-corrected chi connectivity index (χ0v) is 22.1. The van der Waals surface area contributed by atoms with Gasteiger partial charge in [0.25, 0.3) is 0 Å². The van der Waals surface area contributed by atoms with E-state index in [4.69, 9.17) is 22.6 Å². The number of rotatable bonds is 4. The number of likely N-dealkylation sites (tertiary alicyclic amines) is 1. The SMILES string of the molecule is CC(C)N1CC(C)N(c2ncc(C3CCN(C4CCCCC4)CC3)cn2)C(S)C1.CCC. The quantitative estimate of drug-likeness (QED) is 0.592. The second kappa shape index (κ2) is 12.6. The van der Waals surface area contributed by atoms with Crippen LogP contribution in [0.1, 0.15) is 97.5 Å². The van der Waals surface area contributed by atoms with Gasteiger partial charge in [-0.15, -0.1) is 0 Å². The molecule has 0 radical (unpaired) electrons. The van der Waals surface area contributed by atoms with Crippen molar-refractivity contribution in [3.63, 3.8) is 0 Å². The molecule has 6 heteroatoms. The van der Waals surface area contributed by atoms with Crippen molar-refractivity contribution in [2.45, 2.75) is 115 Å². The van der Waals surface area contributed by atoms with Gasteiger partial charge < -0.3 is 9.80 Å². The molecule has 0 N–H and O–H groups in total. The van der Waals surface area contributed by atoms with Gasteiger partial charge in [0.1, 0.15) is 0 Å². The molecule has 182 valence electrons. The highest BCUT2D eigenvalue weighted by atomic mass is 32.1. The number of thiol groups is 1. The lowest BCUT2D eigenvalue weighted by Crippen LogP contribution is -2.58. The van der Waals surface area contributed by atoms with Crippen LogP contribution in [-0.4, -0.2) is 69.4 Å². The van der Waals surface area contributed by atoms with Gasteiger partial charge in [-0.3, -0.25) is 4.90 Å². The lowest BCUT2D eigenvalue weighted by molar-refractivity contribution is 0.122. The number of nitrogens with zero attached hydrogens (tertiary/aromatic N) is 5. The number of anilines is 1. The van der Waals surface area contributed by atoms with Crippen molar-refractivity contribution in [1.82, 2.24) is 19.8 Å². The molecule has 2 aliphatic heterocycles. The van der Waals surface area contributed by atoms with Crippen molar-refractivity contribution < 1.29 is 0 Å². The summed E-state index contributed by atoms with van der Waals surface area (Å²) in [5, 5.41) is 0.144. The van der Waals surface area contributed by atoms with Crippen LogP contribution < -0.4 is 4.90 Å². The van der Waals surface area contributed by atoms with E-state index in [2.05, 4.69) is 61.7 Å². The highest BCUT2D eigenvalue weighted by Crippen LogP contribution is 2.32. The molecular weight excluding hydrogens is 414 g/mol. The third kappa shape index (κ3) is 6.60. The molecule has 1 saturated carbocycles. The average Bonchev–Trinajstić information content (AvgIpc) is 2.80. The van der Waals surface area contributed by atoms with E-state index in [0.717, 1.165) is 25.1 Å². The third-order valence-electron chi connectivity index (χ3n) is 7.40. The minimum absolute atomic E-state index is 0.144. The second-order valence-electron chi connectivity index (χ2n) is 10.4. The van der Waals surface area contributed by atoms with Crippen molar-refractivity contribution in [3.8, 4) is 0 Å². The lowest BCUT2D eigenvalue weighted by atomic mass is 9.88. The van der Waals surface area contributed by atoms with Crippen LogP contribution >= 0.6 is 12.6 Å². The summed E-state index contributed by atoms with van der Waals surface area (Å²) in [7, 11) is 0. The van der Waals surface area contributed by atoms with E-state index >= 15 is 0 Å². The van der Waals surface area contributed by atoms with E-state index < -0.39 is 0 Å². The maximum absolute atomic E-state index is 4.87. The van der Waals surface area contributed by atoms with Gasteiger partial charge in [0.2, 0.25) is 5.95 Å². The number of piperidine rings is 1. The fraction of sp³-hybridized carbons (Fsp3) is 0.846. The lowest BCUT2D eigenvalue weighted by Gasteiger charge is -2.45. The highest BCUT2D eigenvalue weighted by Gasteiger charge is 2.33. The fourth-order valence-corrected chi connectivity index (χ4v) is 6.11. The highest BCUT2D eigenvalue weighted by molar-refractivity contribution is 7.81. The van der Waals surface area contributed by atoms with Crippen LogP contribution in [0, 0.1) is 0 Å². The summed E-state index contributed by atoms with van der Waals surface area (Å²) >= 11 is 4.87. The summed E-state index contributed by atoms with van der Waals surface area (Å²) < 4.78 is 0. The first-order valence-electron chi connectivity index (χ1n) is 13.2. The van der Waals surface area contributed by atoms with Crippen molar-refractivity contribution in [2.24, 2.45) is 0 Å². The molecule has 0 bridgehead atoms. The summed E-state index contributed by atoms with van der Waals surface area (Å²) in [5.74, 6) is 1.45. The topological polar surface area (TPSA) is 35.5 Å². The number of hydrogen-bond donors (Lipinski definition) is 1. The molecule has 1 aliphatic carbocycles. The van der Waals surface area contributed by atoms with Gasteiger partial charge in [-0.1, -0.05) is 39.5 Å². The molecule has 32 heavy (non-hydrogen) atoms. The molecule has 3 heterocycles. The second-order valence-corrected chi connectivity index (χ2v) is 11.0. The zero-order chi connectivity index (χ0) is 23.1. The normalized spacial score (nSPS) is 26.8. The fourth-order valence-electron chi connectivity index (χ4n) is 5.56. The number of aromatic nitrogens is 2. The zero-order valence-electron chi connectivity index (χ0n) is 21.2. The first-order valence-corrected chi connectivity index (χ1v) is 13.7. The van der Waals surface area contributed by atoms with Gasteiger partial charge in [-0.2, -0.15) is 12.6 Å². The van der Waals surface area contributed by atoms with E-state index in [9.17, 15) is 0 Å². The van der Waals surface area contributed by atoms with Gasteiger partial charge >= 0.3 is 0 Å². The Bertz CT molecular complexity index is 641. The summed E-state index contributed by atoms with van der Waals surface area (Å²) in [6.45, 7) is 15.5. The minimum Gasteiger partial charge on any atom is -0.324 e. The summed E-state index contributed by atoms with van der Waals surface area (Å²) in [6.07, 6.45) is 15.0. The van der Waals surface area contributed by atoms with E-state index in [-0.39, 0.29) is 5.37 Å². The van der Waals surface area contributed by atoms with E-state index in [0.29, 0.717) is 18.0 Å². The Kier molecular flexibility index (Phi) is 10.1. The summed E-state index contributed by atoms with van der Waals surface area (Å²) in [4.78, 5) is 17.1.